The first kappa shape index (κ1) is 23.0. The van der Waals surface area contributed by atoms with Crippen molar-refractivity contribution >= 4 is 17.3 Å². The maximum atomic E-state index is 14.7. The zero-order valence-corrected chi connectivity index (χ0v) is 19.4. The Morgan fingerprint density at radius 1 is 0.879 bits per heavy atom. The largest absolute Gasteiger partial charge is 0.367 e. The van der Waals surface area contributed by atoms with Gasteiger partial charge in [0.1, 0.15) is 5.82 Å². The number of benzene rings is 3. The maximum absolute atomic E-state index is 14.7. The topological polar surface area (TPSA) is 53.2 Å². The van der Waals surface area contributed by atoms with Crippen LogP contribution >= 0.6 is 0 Å². The summed E-state index contributed by atoms with van der Waals surface area (Å²) < 4.78 is 14.7. The molecule has 1 saturated carbocycles. The van der Waals surface area contributed by atoms with Crippen molar-refractivity contribution in [3.05, 3.63) is 83.7 Å². The summed E-state index contributed by atoms with van der Waals surface area (Å²) in [5.41, 5.74) is 5.40. The minimum absolute atomic E-state index is 0.103. The summed E-state index contributed by atoms with van der Waals surface area (Å²) >= 11 is 0. The van der Waals surface area contributed by atoms with Crippen LogP contribution in [0.1, 0.15) is 50.2 Å². The first-order chi connectivity index (χ1) is 15.9. The summed E-state index contributed by atoms with van der Waals surface area (Å²) in [4.78, 5) is 11.2. The number of aryl methyl sites for hydroxylation is 1. The highest BCUT2D eigenvalue weighted by molar-refractivity contribution is 5.89. The van der Waals surface area contributed by atoms with E-state index in [0.29, 0.717) is 12.1 Å². The van der Waals surface area contributed by atoms with Crippen LogP contribution in [0, 0.1) is 12.7 Å². The number of amides is 1. The zero-order chi connectivity index (χ0) is 23.3. The predicted molar refractivity (Wildman–Crippen MR) is 134 cm³/mol. The molecule has 3 N–H and O–H groups in total. The fraction of sp³-hybridized carbons (Fsp3) is 0.321. The standard InChI is InChI=1S/C28H32FN3O/c1-20-6-11-26(12-7-20)32-28(16-4-3-5-17-28)30-19-24-18-23(10-15-27(24)29)22-8-13-25(14-9-22)31-21(2)33/h6-15,18,30,32H,3-5,16-17,19H2,1-2H3,(H,31,33). The quantitative estimate of drug-likeness (QED) is 0.358. The molecule has 5 heteroatoms. The lowest BCUT2D eigenvalue weighted by Gasteiger charge is -2.40. The molecule has 1 aliphatic rings. The molecule has 1 amide bonds. The van der Waals surface area contributed by atoms with E-state index in [9.17, 15) is 9.18 Å². The van der Waals surface area contributed by atoms with Crippen molar-refractivity contribution in [1.82, 2.24) is 5.32 Å². The molecule has 0 spiro atoms. The van der Waals surface area contributed by atoms with Crippen molar-refractivity contribution in [3.8, 4) is 11.1 Å². The number of anilines is 2. The van der Waals surface area contributed by atoms with Gasteiger partial charge in [0, 0.05) is 30.4 Å². The van der Waals surface area contributed by atoms with Gasteiger partial charge in [0.15, 0.2) is 0 Å². The number of carbonyl (C=O) groups is 1. The highest BCUT2D eigenvalue weighted by Crippen LogP contribution is 2.31. The van der Waals surface area contributed by atoms with Crippen molar-refractivity contribution in [2.24, 2.45) is 0 Å². The maximum Gasteiger partial charge on any atom is 0.221 e. The first-order valence-corrected chi connectivity index (χ1v) is 11.7. The van der Waals surface area contributed by atoms with E-state index in [4.69, 9.17) is 0 Å². The molecule has 3 aromatic carbocycles. The van der Waals surface area contributed by atoms with Gasteiger partial charge in [0.2, 0.25) is 5.91 Å². The summed E-state index contributed by atoms with van der Waals surface area (Å²) in [6.45, 7) is 4.02. The number of carbonyl (C=O) groups excluding carboxylic acids is 1. The van der Waals surface area contributed by atoms with Crippen molar-refractivity contribution in [3.63, 3.8) is 0 Å². The van der Waals surface area contributed by atoms with Gasteiger partial charge in [-0.05, 0) is 80.1 Å². The highest BCUT2D eigenvalue weighted by Gasteiger charge is 2.31. The van der Waals surface area contributed by atoms with Gasteiger partial charge < -0.3 is 10.6 Å². The van der Waals surface area contributed by atoms with E-state index in [1.807, 2.05) is 30.3 Å². The van der Waals surface area contributed by atoms with Gasteiger partial charge in [0.25, 0.3) is 0 Å². The Bertz CT molecular complexity index is 1090. The van der Waals surface area contributed by atoms with Gasteiger partial charge in [-0.25, -0.2) is 4.39 Å². The molecule has 1 aliphatic carbocycles. The van der Waals surface area contributed by atoms with Crippen LogP contribution < -0.4 is 16.0 Å². The summed E-state index contributed by atoms with van der Waals surface area (Å²) in [7, 11) is 0. The van der Waals surface area contributed by atoms with E-state index in [1.165, 1.54) is 25.0 Å². The summed E-state index contributed by atoms with van der Waals surface area (Å²) in [5.74, 6) is -0.309. The third-order valence-electron chi connectivity index (χ3n) is 6.34. The van der Waals surface area contributed by atoms with Crippen molar-refractivity contribution < 1.29 is 9.18 Å². The van der Waals surface area contributed by atoms with E-state index < -0.39 is 0 Å². The van der Waals surface area contributed by atoms with Gasteiger partial charge in [-0.1, -0.05) is 42.3 Å². The molecule has 172 valence electrons. The lowest BCUT2D eigenvalue weighted by Crippen LogP contribution is -2.52. The van der Waals surface area contributed by atoms with Crippen LogP contribution in [0.4, 0.5) is 15.8 Å². The Morgan fingerprint density at radius 2 is 1.52 bits per heavy atom. The second kappa shape index (κ2) is 10.2. The predicted octanol–water partition coefficient (Wildman–Crippen LogP) is 6.62. The summed E-state index contributed by atoms with van der Waals surface area (Å²) in [6.07, 6.45) is 5.54. The van der Waals surface area contributed by atoms with Gasteiger partial charge in [-0.3, -0.25) is 10.1 Å². The monoisotopic (exact) mass is 445 g/mol. The molecule has 4 rings (SSSR count). The summed E-state index contributed by atoms with van der Waals surface area (Å²) in [6, 6.07) is 21.3. The number of rotatable bonds is 7. The Kier molecular flexibility index (Phi) is 7.09. The number of halogens is 1. The number of hydrogen-bond donors (Lipinski definition) is 3. The van der Waals surface area contributed by atoms with Crippen LogP contribution in [0.3, 0.4) is 0 Å². The lowest BCUT2D eigenvalue weighted by molar-refractivity contribution is -0.114. The van der Waals surface area contributed by atoms with E-state index in [2.05, 4.69) is 47.1 Å². The van der Waals surface area contributed by atoms with Crippen LogP contribution in [0.15, 0.2) is 66.7 Å². The lowest BCUT2D eigenvalue weighted by atomic mass is 9.88. The Labute approximate surface area is 195 Å². The molecule has 0 bridgehead atoms. The first-order valence-electron chi connectivity index (χ1n) is 11.7. The molecule has 1 fully saturated rings. The molecule has 0 heterocycles. The Morgan fingerprint density at radius 3 is 2.18 bits per heavy atom. The molecular formula is C28H32FN3O. The summed E-state index contributed by atoms with van der Waals surface area (Å²) in [5, 5.41) is 10.1. The van der Waals surface area contributed by atoms with Crippen LogP contribution in [0.25, 0.3) is 11.1 Å². The molecule has 0 radical (unpaired) electrons. The molecule has 33 heavy (non-hydrogen) atoms. The molecule has 4 nitrogen and oxygen atoms in total. The third-order valence-corrected chi connectivity index (χ3v) is 6.34. The van der Waals surface area contributed by atoms with Crippen molar-refractivity contribution in [2.75, 3.05) is 10.6 Å². The van der Waals surface area contributed by atoms with E-state index in [0.717, 1.165) is 48.2 Å². The molecule has 0 aromatic heterocycles. The minimum Gasteiger partial charge on any atom is -0.367 e. The van der Waals surface area contributed by atoms with E-state index in [-0.39, 0.29) is 17.4 Å². The smallest absolute Gasteiger partial charge is 0.221 e. The molecule has 0 aliphatic heterocycles. The fourth-order valence-corrected chi connectivity index (χ4v) is 4.52. The van der Waals surface area contributed by atoms with Gasteiger partial charge in [-0.15, -0.1) is 0 Å². The number of nitrogens with one attached hydrogen (secondary N) is 3. The zero-order valence-electron chi connectivity index (χ0n) is 19.4. The highest BCUT2D eigenvalue weighted by atomic mass is 19.1. The van der Waals surface area contributed by atoms with Crippen LogP contribution in [-0.2, 0) is 11.3 Å². The second-order valence-electron chi connectivity index (χ2n) is 9.05. The molecule has 0 atom stereocenters. The van der Waals surface area contributed by atoms with Gasteiger partial charge in [-0.2, -0.15) is 0 Å². The molecule has 3 aromatic rings. The second-order valence-corrected chi connectivity index (χ2v) is 9.05. The van der Waals surface area contributed by atoms with Gasteiger partial charge in [0.05, 0.1) is 5.66 Å². The van der Waals surface area contributed by atoms with Crippen molar-refractivity contribution in [2.45, 2.75) is 58.2 Å². The van der Waals surface area contributed by atoms with E-state index >= 15 is 0 Å². The average Bonchev–Trinajstić information content (AvgIpc) is 2.81. The fourth-order valence-electron chi connectivity index (χ4n) is 4.52. The van der Waals surface area contributed by atoms with Crippen LogP contribution in [0.5, 0.6) is 0 Å². The average molecular weight is 446 g/mol. The van der Waals surface area contributed by atoms with Crippen molar-refractivity contribution in [1.29, 1.82) is 0 Å². The SMILES string of the molecule is CC(=O)Nc1ccc(-c2ccc(F)c(CNC3(Nc4ccc(C)cc4)CCCCC3)c2)cc1. The Hall–Kier alpha value is -3.18. The molecule has 0 saturated heterocycles. The van der Waals surface area contributed by atoms with Crippen LogP contribution in [-0.4, -0.2) is 11.6 Å². The molecule has 0 unspecified atom stereocenters. The number of hydrogen-bond acceptors (Lipinski definition) is 3. The van der Waals surface area contributed by atoms with E-state index in [1.54, 1.807) is 6.07 Å². The van der Waals surface area contributed by atoms with Crippen LogP contribution in [0.2, 0.25) is 0 Å². The third kappa shape index (κ3) is 5.99. The minimum atomic E-state index is -0.240. The molecular weight excluding hydrogens is 413 g/mol. The van der Waals surface area contributed by atoms with Gasteiger partial charge >= 0.3 is 0 Å². The Balaban J connectivity index is 1.51. The normalized spacial score (nSPS) is 15.1.